The number of carboxylic acids is 1. The number of aryl methyl sites for hydroxylation is 1. The van der Waals surface area contributed by atoms with Gasteiger partial charge in [0.15, 0.2) is 0 Å². The molecular formula is C35H25F10NO5. The number of benzene rings is 4. The van der Waals surface area contributed by atoms with Crippen LogP contribution in [0.3, 0.4) is 0 Å². The van der Waals surface area contributed by atoms with E-state index in [0.29, 0.717) is 18.2 Å². The molecule has 0 bridgehead atoms. The van der Waals surface area contributed by atoms with Crippen LogP contribution in [0.25, 0.3) is 22.3 Å². The van der Waals surface area contributed by atoms with Crippen molar-refractivity contribution in [2.24, 2.45) is 0 Å². The summed E-state index contributed by atoms with van der Waals surface area (Å²) in [5.41, 5.74) is -4.91. The molecule has 0 radical (unpaired) electrons. The summed E-state index contributed by atoms with van der Waals surface area (Å²) in [5, 5.41) is 9.38. The number of hydrogen-bond donors (Lipinski definition) is 1. The fraction of sp³-hybridized carbons (Fsp3) is 0.257. The molecule has 5 rings (SSSR count). The lowest BCUT2D eigenvalue weighted by Gasteiger charge is -2.24. The highest BCUT2D eigenvalue weighted by molar-refractivity contribution is 5.90. The van der Waals surface area contributed by atoms with E-state index in [2.05, 4.69) is 0 Å². The van der Waals surface area contributed by atoms with E-state index in [1.807, 2.05) is 0 Å². The zero-order chi connectivity index (χ0) is 37.8. The molecular weight excluding hydrogens is 704 g/mol. The lowest BCUT2D eigenvalue weighted by molar-refractivity contribution is -0.143. The summed E-state index contributed by atoms with van der Waals surface area (Å²) >= 11 is 0. The largest absolute Gasteiger partial charge is 0.496 e. The first kappa shape index (κ1) is 37.0. The van der Waals surface area contributed by atoms with Crippen molar-refractivity contribution < 1.29 is 68.1 Å². The van der Waals surface area contributed by atoms with Crippen molar-refractivity contribution in [1.29, 1.82) is 0 Å². The smallest absolute Gasteiger partial charge is 0.416 e. The second-order valence-electron chi connectivity index (χ2n) is 11.7. The van der Waals surface area contributed by atoms with Crippen molar-refractivity contribution in [3.63, 3.8) is 0 Å². The van der Waals surface area contributed by atoms with E-state index in [9.17, 15) is 54.2 Å². The van der Waals surface area contributed by atoms with Crippen molar-refractivity contribution >= 4 is 12.1 Å². The van der Waals surface area contributed by atoms with Crippen LogP contribution in [0.2, 0.25) is 0 Å². The molecule has 1 heterocycles. The van der Waals surface area contributed by atoms with Gasteiger partial charge in [0, 0.05) is 17.2 Å². The quantitative estimate of drug-likeness (QED) is 0.192. The summed E-state index contributed by atoms with van der Waals surface area (Å²) < 4.78 is 149. The molecule has 0 aromatic heterocycles. The number of aromatic carboxylic acids is 1. The van der Waals surface area contributed by atoms with Gasteiger partial charge in [-0.3, -0.25) is 4.90 Å². The van der Waals surface area contributed by atoms with Crippen LogP contribution in [0.5, 0.6) is 5.75 Å². The van der Waals surface area contributed by atoms with E-state index < -0.39 is 77.4 Å². The Balaban J connectivity index is 1.61. The lowest BCUT2D eigenvalue weighted by atomic mass is 9.91. The van der Waals surface area contributed by atoms with Crippen LogP contribution in [0.15, 0.2) is 66.7 Å². The van der Waals surface area contributed by atoms with Crippen LogP contribution < -0.4 is 4.74 Å². The Bertz CT molecular complexity index is 1990. The number of carbonyl (C=O) groups excluding carboxylic acids is 1. The van der Waals surface area contributed by atoms with E-state index in [0.717, 1.165) is 23.1 Å². The van der Waals surface area contributed by atoms with Crippen LogP contribution in [0.4, 0.5) is 48.7 Å². The lowest BCUT2D eigenvalue weighted by Crippen LogP contribution is -2.32. The second kappa shape index (κ2) is 13.1. The van der Waals surface area contributed by atoms with Crippen molar-refractivity contribution in [3.8, 4) is 28.0 Å². The standard InChI is InChI=1S/C35H25F10NO5/c1-16-8-18(4-6-24(16)31(47)48)26-13-27(29(50-3)14-28(26)36)25-7-5-21(33(37,38)39)11-20(25)15-46-17(2)30(51-32(46)49)19-9-22(34(40,41)42)12-23(10-19)35(43,44)45/h4-14,17,30H,15H2,1-3H3,(H,47,48). The minimum atomic E-state index is -5.20. The van der Waals surface area contributed by atoms with Gasteiger partial charge in [-0.2, -0.15) is 39.5 Å². The zero-order valence-electron chi connectivity index (χ0n) is 26.5. The molecule has 270 valence electrons. The van der Waals surface area contributed by atoms with Gasteiger partial charge in [0.2, 0.25) is 0 Å². The van der Waals surface area contributed by atoms with Gasteiger partial charge in [-0.05, 0) is 84.1 Å². The van der Waals surface area contributed by atoms with Gasteiger partial charge in [0.1, 0.15) is 17.7 Å². The number of nitrogens with zero attached hydrogens (tertiary/aromatic N) is 1. The number of ether oxygens (including phenoxy) is 2. The molecule has 0 aliphatic carbocycles. The van der Waals surface area contributed by atoms with Gasteiger partial charge >= 0.3 is 30.6 Å². The topological polar surface area (TPSA) is 76.1 Å². The molecule has 2 unspecified atom stereocenters. The van der Waals surface area contributed by atoms with Gasteiger partial charge in [-0.1, -0.05) is 18.2 Å². The maximum Gasteiger partial charge on any atom is 0.416 e. The fourth-order valence-electron chi connectivity index (χ4n) is 5.88. The molecule has 6 nitrogen and oxygen atoms in total. The number of carbonyl (C=O) groups is 2. The molecule has 1 saturated heterocycles. The van der Waals surface area contributed by atoms with Gasteiger partial charge in [0.05, 0.1) is 42.0 Å². The molecule has 0 spiro atoms. The van der Waals surface area contributed by atoms with Crippen LogP contribution in [0.1, 0.15) is 56.8 Å². The maximum absolute atomic E-state index is 15.4. The summed E-state index contributed by atoms with van der Waals surface area (Å²) in [6, 6.07) is 8.08. The average Bonchev–Trinajstić information content (AvgIpc) is 3.31. The number of halogens is 10. The maximum atomic E-state index is 15.4. The highest BCUT2D eigenvalue weighted by atomic mass is 19.4. The first-order valence-electron chi connectivity index (χ1n) is 14.8. The molecule has 4 aromatic rings. The predicted molar refractivity (Wildman–Crippen MR) is 161 cm³/mol. The number of rotatable bonds is 7. The molecule has 0 saturated carbocycles. The van der Waals surface area contributed by atoms with Crippen LogP contribution in [-0.2, 0) is 29.8 Å². The molecule has 1 N–H and O–H groups in total. The van der Waals surface area contributed by atoms with Gasteiger partial charge < -0.3 is 14.6 Å². The van der Waals surface area contributed by atoms with E-state index in [4.69, 9.17) is 9.47 Å². The van der Waals surface area contributed by atoms with E-state index >= 15 is 4.39 Å². The molecule has 1 aliphatic rings. The Labute approximate surface area is 282 Å². The molecule has 4 aromatic carbocycles. The Kier molecular flexibility index (Phi) is 9.51. The number of carboxylic acid groups (broad SMARTS) is 1. The normalized spacial score (nSPS) is 16.7. The predicted octanol–water partition coefficient (Wildman–Crippen LogP) is 10.3. The average molecular weight is 730 g/mol. The molecule has 1 aliphatic heterocycles. The van der Waals surface area contributed by atoms with E-state index in [1.165, 1.54) is 45.2 Å². The highest BCUT2D eigenvalue weighted by Gasteiger charge is 2.44. The summed E-state index contributed by atoms with van der Waals surface area (Å²) in [5.74, 6) is -2.20. The molecule has 51 heavy (non-hydrogen) atoms. The van der Waals surface area contributed by atoms with Crippen LogP contribution in [-0.4, -0.2) is 35.2 Å². The third kappa shape index (κ3) is 7.44. The van der Waals surface area contributed by atoms with Crippen molar-refractivity contribution in [1.82, 2.24) is 4.90 Å². The van der Waals surface area contributed by atoms with E-state index in [-0.39, 0.29) is 50.8 Å². The fourth-order valence-corrected chi connectivity index (χ4v) is 5.88. The monoisotopic (exact) mass is 729 g/mol. The first-order valence-corrected chi connectivity index (χ1v) is 14.8. The molecule has 1 fully saturated rings. The molecule has 1 amide bonds. The Hall–Kier alpha value is -5.28. The highest BCUT2D eigenvalue weighted by Crippen LogP contribution is 2.44. The van der Waals surface area contributed by atoms with Crippen molar-refractivity contribution in [2.45, 2.75) is 51.1 Å². The SMILES string of the molecule is COc1cc(F)c(-c2ccc(C(=O)O)c(C)c2)cc1-c1ccc(C(F)(F)F)cc1CN1C(=O)OC(c2cc(C(F)(F)F)cc(C(F)(F)F)c2)C1C. The second-order valence-corrected chi connectivity index (χ2v) is 11.7. The number of hydrogen-bond acceptors (Lipinski definition) is 4. The van der Waals surface area contributed by atoms with E-state index in [1.54, 1.807) is 0 Å². The Morgan fingerprint density at radius 1 is 0.804 bits per heavy atom. The zero-order valence-corrected chi connectivity index (χ0v) is 26.5. The van der Waals surface area contributed by atoms with Gasteiger partial charge in [-0.25, -0.2) is 14.0 Å². The van der Waals surface area contributed by atoms with Crippen molar-refractivity contribution in [2.75, 3.05) is 7.11 Å². The van der Waals surface area contributed by atoms with Crippen LogP contribution in [0, 0.1) is 12.7 Å². The molecule has 16 heteroatoms. The minimum absolute atomic E-state index is 0.00172. The third-order valence-corrected chi connectivity index (χ3v) is 8.45. The minimum Gasteiger partial charge on any atom is -0.496 e. The molecule has 2 atom stereocenters. The van der Waals surface area contributed by atoms with Crippen molar-refractivity contribution in [3.05, 3.63) is 111 Å². The van der Waals surface area contributed by atoms with Gasteiger partial charge in [-0.15, -0.1) is 0 Å². The summed E-state index contributed by atoms with van der Waals surface area (Å²) in [6.45, 7) is 2.05. The third-order valence-electron chi connectivity index (χ3n) is 8.45. The summed E-state index contributed by atoms with van der Waals surface area (Å²) in [7, 11) is 1.17. The number of methoxy groups -OCH3 is 1. The first-order chi connectivity index (χ1) is 23.6. The summed E-state index contributed by atoms with van der Waals surface area (Å²) in [4.78, 5) is 25.4. The summed E-state index contributed by atoms with van der Waals surface area (Å²) in [6.07, 6.45) is -18.2. The Morgan fingerprint density at radius 2 is 1.41 bits per heavy atom. The number of alkyl halides is 9. The van der Waals surface area contributed by atoms with Crippen LogP contribution >= 0.6 is 0 Å². The number of cyclic esters (lactones) is 1. The van der Waals surface area contributed by atoms with Gasteiger partial charge in [0.25, 0.3) is 0 Å². The number of amides is 1. The Morgan fingerprint density at radius 3 is 1.94 bits per heavy atom.